The van der Waals surface area contributed by atoms with Crippen molar-refractivity contribution in [3.63, 3.8) is 0 Å². The van der Waals surface area contributed by atoms with Crippen LogP contribution in [0.3, 0.4) is 0 Å². The highest BCUT2D eigenvalue weighted by Crippen LogP contribution is 2.19. The van der Waals surface area contributed by atoms with Crippen LogP contribution in [0.5, 0.6) is 0 Å². The van der Waals surface area contributed by atoms with E-state index in [1.54, 1.807) is 0 Å². The fourth-order valence-electron chi connectivity index (χ4n) is 2.71. The van der Waals surface area contributed by atoms with Gasteiger partial charge in [-0.2, -0.15) is 0 Å². The fourth-order valence-corrected chi connectivity index (χ4v) is 2.71. The molecule has 1 aliphatic heterocycles. The van der Waals surface area contributed by atoms with Gasteiger partial charge in [-0.3, -0.25) is 4.99 Å². The summed E-state index contributed by atoms with van der Waals surface area (Å²) >= 11 is 0. The zero-order valence-corrected chi connectivity index (χ0v) is 15.3. The second-order valence-electron chi connectivity index (χ2n) is 6.28. The van der Waals surface area contributed by atoms with Gasteiger partial charge in [0.05, 0.1) is 0 Å². The largest absolute Gasteiger partial charge is 0.381 e. The third-order valence-electron chi connectivity index (χ3n) is 4.31. The Morgan fingerprint density at radius 2 is 1.81 bits per heavy atom. The highest BCUT2D eigenvalue weighted by molar-refractivity contribution is 5.79. The van der Waals surface area contributed by atoms with Crippen LogP contribution in [0.2, 0.25) is 0 Å². The van der Waals surface area contributed by atoms with Crippen molar-refractivity contribution >= 4 is 5.96 Å². The number of guanidine groups is 1. The zero-order valence-electron chi connectivity index (χ0n) is 15.3. The summed E-state index contributed by atoms with van der Waals surface area (Å²) < 4.78 is 64.6. The van der Waals surface area contributed by atoms with Gasteiger partial charge < -0.3 is 20.1 Å². The number of nitrogens with one attached hydrogen (secondary N) is 2. The van der Waals surface area contributed by atoms with Crippen molar-refractivity contribution in [2.45, 2.75) is 25.8 Å². The average Bonchev–Trinajstić information content (AvgIpc) is 2.68. The van der Waals surface area contributed by atoms with E-state index >= 15 is 0 Å². The number of benzene rings is 1. The number of ether oxygens (including phenoxy) is 2. The van der Waals surface area contributed by atoms with Crippen LogP contribution >= 0.6 is 0 Å². The van der Waals surface area contributed by atoms with E-state index < -0.39 is 35.4 Å². The van der Waals surface area contributed by atoms with E-state index in [0.29, 0.717) is 32.1 Å². The van der Waals surface area contributed by atoms with E-state index in [1.807, 2.05) is 0 Å². The molecule has 0 saturated carbocycles. The molecule has 1 heterocycles. The highest BCUT2D eigenvalue weighted by atomic mass is 19.2. The Labute approximate surface area is 156 Å². The second kappa shape index (κ2) is 11.1. The SMILES string of the molecule is CN=C(NCCCOCC1CCOCC1)NCc1c(F)c(F)cc(F)c1F. The van der Waals surface area contributed by atoms with Gasteiger partial charge in [0.15, 0.2) is 29.2 Å². The maximum absolute atomic E-state index is 13.6. The van der Waals surface area contributed by atoms with Gasteiger partial charge in [0, 0.05) is 58.2 Å². The van der Waals surface area contributed by atoms with E-state index in [9.17, 15) is 17.6 Å². The first-order valence-electron chi connectivity index (χ1n) is 8.94. The number of hydrogen-bond acceptors (Lipinski definition) is 3. The summed E-state index contributed by atoms with van der Waals surface area (Å²) in [7, 11) is 1.48. The number of halogens is 4. The average molecular weight is 391 g/mol. The molecule has 0 radical (unpaired) electrons. The Hall–Kier alpha value is -1.87. The molecule has 27 heavy (non-hydrogen) atoms. The molecule has 0 aromatic heterocycles. The molecule has 1 fully saturated rings. The monoisotopic (exact) mass is 391 g/mol. The maximum atomic E-state index is 13.6. The van der Waals surface area contributed by atoms with Crippen molar-refractivity contribution in [1.29, 1.82) is 0 Å². The summed E-state index contributed by atoms with van der Waals surface area (Å²) in [5, 5.41) is 5.59. The van der Waals surface area contributed by atoms with Crippen molar-refractivity contribution in [3.05, 3.63) is 34.9 Å². The molecular weight excluding hydrogens is 366 g/mol. The molecule has 0 bridgehead atoms. The van der Waals surface area contributed by atoms with Crippen molar-refractivity contribution in [2.75, 3.05) is 40.0 Å². The molecule has 1 saturated heterocycles. The van der Waals surface area contributed by atoms with Gasteiger partial charge in [0.1, 0.15) is 0 Å². The lowest BCUT2D eigenvalue weighted by Crippen LogP contribution is -2.38. The lowest BCUT2D eigenvalue weighted by Gasteiger charge is -2.21. The van der Waals surface area contributed by atoms with E-state index in [4.69, 9.17) is 9.47 Å². The lowest BCUT2D eigenvalue weighted by molar-refractivity contribution is 0.0203. The molecule has 1 aromatic rings. The molecule has 9 heteroatoms. The number of nitrogens with zero attached hydrogens (tertiary/aromatic N) is 1. The molecule has 2 rings (SSSR count). The summed E-state index contributed by atoms with van der Waals surface area (Å²) in [6, 6.07) is 0.182. The summed E-state index contributed by atoms with van der Waals surface area (Å²) in [6.07, 6.45) is 2.74. The Bertz CT molecular complexity index is 611. The highest BCUT2D eigenvalue weighted by Gasteiger charge is 2.19. The molecule has 1 aromatic carbocycles. The minimum Gasteiger partial charge on any atom is -0.381 e. The molecule has 0 amide bonds. The standard InChI is InChI=1S/C18H25F4N3O2/c1-23-18(24-5-2-6-27-11-12-3-7-26-8-4-12)25-10-13-16(21)14(19)9-15(20)17(13)22/h9,12H,2-8,10-11H2,1H3,(H2,23,24,25). The van der Waals surface area contributed by atoms with Crippen LogP contribution in [0.1, 0.15) is 24.8 Å². The summed E-state index contributed by atoms with van der Waals surface area (Å²) in [5.74, 6) is -4.90. The third kappa shape index (κ3) is 6.66. The van der Waals surface area contributed by atoms with Crippen molar-refractivity contribution in [3.8, 4) is 0 Å². The first-order chi connectivity index (χ1) is 13.0. The topological polar surface area (TPSA) is 54.9 Å². The Balaban J connectivity index is 1.67. The smallest absolute Gasteiger partial charge is 0.191 e. The second-order valence-corrected chi connectivity index (χ2v) is 6.28. The van der Waals surface area contributed by atoms with Crippen LogP contribution in [0, 0.1) is 29.2 Å². The summed E-state index contributed by atoms with van der Waals surface area (Å²) in [5.41, 5.74) is -0.713. The molecule has 0 atom stereocenters. The van der Waals surface area contributed by atoms with Gasteiger partial charge in [0.2, 0.25) is 0 Å². The quantitative estimate of drug-likeness (QED) is 0.235. The molecule has 0 unspecified atom stereocenters. The third-order valence-corrected chi connectivity index (χ3v) is 4.31. The zero-order chi connectivity index (χ0) is 19.6. The first kappa shape index (κ1) is 21.4. The Kier molecular flexibility index (Phi) is 8.80. The minimum absolute atomic E-state index is 0.182. The van der Waals surface area contributed by atoms with Gasteiger partial charge in [-0.25, -0.2) is 17.6 Å². The van der Waals surface area contributed by atoms with Gasteiger partial charge in [-0.1, -0.05) is 0 Å². The molecule has 5 nitrogen and oxygen atoms in total. The number of rotatable bonds is 8. The van der Waals surface area contributed by atoms with Crippen LogP contribution in [-0.2, 0) is 16.0 Å². The molecular formula is C18H25F4N3O2. The summed E-state index contributed by atoms with van der Waals surface area (Å²) in [4.78, 5) is 3.91. The van der Waals surface area contributed by atoms with E-state index in [1.165, 1.54) is 7.05 Å². The van der Waals surface area contributed by atoms with Crippen molar-refractivity contribution < 1.29 is 27.0 Å². The van der Waals surface area contributed by atoms with Crippen LogP contribution in [-0.4, -0.2) is 46.0 Å². The number of hydrogen-bond donors (Lipinski definition) is 2. The van der Waals surface area contributed by atoms with Gasteiger partial charge in [0.25, 0.3) is 0 Å². The first-order valence-corrected chi connectivity index (χ1v) is 8.94. The van der Waals surface area contributed by atoms with Crippen molar-refractivity contribution in [2.24, 2.45) is 10.9 Å². The van der Waals surface area contributed by atoms with Crippen molar-refractivity contribution in [1.82, 2.24) is 10.6 Å². The molecule has 2 N–H and O–H groups in total. The summed E-state index contributed by atoms with van der Waals surface area (Å²) in [6.45, 7) is 2.93. The normalized spacial score (nSPS) is 15.8. The van der Waals surface area contributed by atoms with Gasteiger partial charge in [-0.05, 0) is 25.2 Å². The fraction of sp³-hybridized carbons (Fsp3) is 0.611. The predicted molar refractivity (Wildman–Crippen MR) is 93.5 cm³/mol. The van der Waals surface area contributed by atoms with E-state index in [0.717, 1.165) is 26.1 Å². The Morgan fingerprint density at radius 1 is 1.15 bits per heavy atom. The van der Waals surface area contributed by atoms with Crippen LogP contribution in [0.15, 0.2) is 11.1 Å². The minimum atomic E-state index is -1.43. The molecule has 1 aliphatic rings. The van der Waals surface area contributed by atoms with Crippen LogP contribution < -0.4 is 10.6 Å². The molecule has 152 valence electrons. The predicted octanol–water partition coefficient (Wildman–Crippen LogP) is 2.74. The maximum Gasteiger partial charge on any atom is 0.191 e. The number of aliphatic imine (C=N–C) groups is 1. The molecule has 0 aliphatic carbocycles. The Morgan fingerprint density at radius 3 is 2.44 bits per heavy atom. The van der Waals surface area contributed by atoms with E-state index in [2.05, 4.69) is 15.6 Å². The van der Waals surface area contributed by atoms with Crippen LogP contribution in [0.25, 0.3) is 0 Å². The molecule has 0 spiro atoms. The van der Waals surface area contributed by atoms with Gasteiger partial charge >= 0.3 is 0 Å². The van der Waals surface area contributed by atoms with Gasteiger partial charge in [-0.15, -0.1) is 0 Å². The lowest BCUT2D eigenvalue weighted by atomic mass is 10.0. The van der Waals surface area contributed by atoms with Crippen LogP contribution in [0.4, 0.5) is 17.6 Å². The van der Waals surface area contributed by atoms with E-state index in [-0.39, 0.29) is 12.0 Å².